The van der Waals surface area contributed by atoms with Crippen molar-refractivity contribution in [2.45, 2.75) is 23.8 Å². The lowest BCUT2D eigenvalue weighted by Gasteiger charge is -2.23. The number of rotatable bonds is 3. The Balaban J connectivity index is 0.00000180. The van der Waals surface area contributed by atoms with Crippen molar-refractivity contribution in [2.24, 2.45) is 0 Å². The standard InChI is InChI=1S/C11H14N4O2S.ClH/c12-5-9-4-11(8-14-6-9)18(16,17)15-10-2-1-3-13-7-10;/h4,6,8,10,13,15H,1-3,7H2;1H/t10-;/m0./s1. The zero-order chi connectivity index (χ0) is 13.0. The van der Waals surface area contributed by atoms with E-state index in [1.807, 2.05) is 6.07 Å². The monoisotopic (exact) mass is 302 g/mol. The Kier molecular flexibility index (Phi) is 5.69. The van der Waals surface area contributed by atoms with Gasteiger partial charge in [0, 0.05) is 25.0 Å². The minimum absolute atomic E-state index is 0. The number of nitrogens with one attached hydrogen (secondary N) is 2. The predicted octanol–water partition coefficient (Wildman–Crippen LogP) is 0.405. The van der Waals surface area contributed by atoms with Crippen LogP contribution in [0.2, 0.25) is 0 Å². The van der Waals surface area contributed by atoms with E-state index in [2.05, 4.69) is 15.0 Å². The lowest BCUT2D eigenvalue weighted by atomic mass is 10.1. The smallest absolute Gasteiger partial charge is 0.242 e. The Morgan fingerprint density at radius 2 is 2.26 bits per heavy atom. The van der Waals surface area contributed by atoms with E-state index in [4.69, 9.17) is 5.26 Å². The number of nitrogens with zero attached hydrogens (tertiary/aromatic N) is 2. The molecule has 1 atom stereocenters. The molecule has 8 heteroatoms. The van der Waals surface area contributed by atoms with E-state index in [-0.39, 0.29) is 28.9 Å². The molecule has 0 radical (unpaired) electrons. The van der Waals surface area contributed by atoms with Gasteiger partial charge in [-0.3, -0.25) is 4.98 Å². The molecule has 1 aliphatic heterocycles. The van der Waals surface area contributed by atoms with Crippen LogP contribution >= 0.6 is 12.4 Å². The molecular formula is C11H15ClN4O2S. The molecule has 0 saturated carbocycles. The Hall–Kier alpha value is -1.20. The van der Waals surface area contributed by atoms with E-state index in [0.29, 0.717) is 6.54 Å². The zero-order valence-electron chi connectivity index (χ0n) is 10.2. The summed E-state index contributed by atoms with van der Waals surface area (Å²) in [6.07, 6.45) is 4.35. The molecule has 0 unspecified atom stereocenters. The van der Waals surface area contributed by atoms with E-state index < -0.39 is 10.0 Å². The fourth-order valence-corrected chi connectivity index (χ4v) is 3.12. The summed E-state index contributed by atoms with van der Waals surface area (Å²) in [7, 11) is -3.60. The van der Waals surface area contributed by atoms with Crippen LogP contribution < -0.4 is 10.0 Å². The maximum atomic E-state index is 12.1. The van der Waals surface area contributed by atoms with Crippen LogP contribution in [0.15, 0.2) is 23.4 Å². The highest BCUT2D eigenvalue weighted by Crippen LogP contribution is 2.11. The van der Waals surface area contributed by atoms with Crippen LogP contribution in [0.3, 0.4) is 0 Å². The molecule has 1 aromatic rings. The van der Waals surface area contributed by atoms with Crippen LogP contribution in [0, 0.1) is 11.3 Å². The van der Waals surface area contributed by atoms with Crippen LogP contribution in [-0.4, -0.2) is 32.5 Å². The Bertz CT molecular complexity index is 564. The average molecular weight is 303 g/mol. The molecule has 1 aromatic heterocycles. The number of nitriles is 1. The summed E-state index contributed by atoms with van der Waals surface area (Å²) in [5, 5.41) is 11.9. The molecule has 2 heterocycles. The number of aromatic nitrogens is 1. The van der Waals surface area contributed by atoms with Crippen molar-refractivity contribution in [2.75, 3.05) is 13.1 Å². The number of piperidine rings is 1. The normalized spacial score (nSPS) is 19.2. The molecule has 6 nitrogen and oxygen atoms in total. The Morgan fingerprint density at radius 3 is 2.89 bits per heavy atom. The first kappa shape index (κ1) is 15.9. The van der Waals surface area contributed by atoms with Gasteiger partial charge in [-0.05, 0) is 25.5 Å². The van der Waals surface area contributed by atoms with Crippen molar-refractivity contribution in [1.82, 2.24) is 15.0 Å². The van der Waals surface area contributed by atoms with Crippen molar-refractivity contribution < 1.29 is 8.42 Å². The second-order valence-corrected chi connectivity index (χ2v) is 5.90. The van der Waals surface area contributed by atoms with Crippen molar-refractivity contribution in [1.29, 1.82) is 5.26 Å². The van der Waals surface area contributed by atoms with Gasteiger partial charge in [-0.2, -0.15) is 5.26 Å². The van der Waals surface area contributed by atoms with Crippen molar-refractivity contribution in [3.05, 3.63) is 24.0 Å². The summed E-state index contributed by atoms with van der Waals surface area (Å²) in [4.78, 5) is 3.79. The SMILES string of the molecule is Cl.N#Cc1cncc(S(=O)(=O)N[C@H]2CCCNC2)c1. The molecule has 19 heavy (non-hydrogen) atoms. The summed E-state index contributed by atoms with van der Waals surface area (Å²) in [5.74, 6) is 0. The van der Waals surface area contributed by atoms with Crippen LogP contribution in [0.4, 0.5) is 0 Å². The highest BCUT2D eigenvalue weighted by molar-refractivity contribution is 7.89. The van der Waals surface area contributed by atoms with Gasteiger partial charge in [-0.1, -0.05) is 0 Å². The fraction of sp³-hybridized carbons (Fsp3) is 0.455. The van der Waals surface area contributed by atoms with Crippen LogP contribution in [0.5, 0.6) is 0 Å². The zero-order valence-corrected chi connectivity index (χ0v) is 11.8. The number of sulfonamides is 1. The highest BCUT2D eigenvalue weighted by Gasteiger charge is 2.22. The second-order valence-electron chi connectivity index (χ2n) is 4.19. The molecule has 0 aromatic carbocycles. The molecular weight excluding hydrogens is 288 g/mol. The third-order valence-corrected chi connectivity index (χ3v) is 4.26. The molecule has 0 spiro atoms. The molecule has 104 valence electrons. The predicted molar refractivity (Wildman–Crippen MR) is 72.4 cm³/mol. The molecule has 2 rings (SSSR count). The fourth-order valence-electron chi connectivity index (χ4n) is 1.87. The topological polar surface area (TPSA) is 94.9 Å². The van der Waals surface area contributed by atoms with Gasteiger partial charge in [0.1, 0.15) is 11.0 Å². The molecule has 0 aliphatic carbocycles. The van der Waals surface area contributed by atoms with Gasteiger partial charge in [0.05, 0.1) is 5.56 Å². The first-order chi connectivity index (χ1) is 8.62. The number of halogens is 1. The van der Waals surface area contributed by atoms with Gasteiger partial charge >= 0.3 is 0 Å². The molecule has 0 bridgehead atoms. The lowest BCUT2D eigenvalue weighted by molar-refractivity contribution is 0.428. The Morgan fingerprint density at radius 1 is 1.47 bits per heavy atom. The third-order valence-electron chi connectivity index (χ3n) is 2.77. The molecule has 0 amide bonds. The van der Waals surface area contributed by atoms with Gasteiger partial charge in [0.2, 0.25) is 10.0 Å². The molecule has 1 aliphatic rings. The largest absolute Gasteiger partial charge is 0.315 e. The van der Waals surface area contributed by atoms with E-state index in [1.54, 1.807) is 0 Å². The maximum Gasteiger partial charge on any atom is 0.242 e. The molecule has 1 saturated heterocycles. The van der Waals surface area contributed by atoms with Crippen LogP contribution in [-0.2, 0) is 10.0 Å². The minimum Gasteiger partial charge on any atom is -0.315 e. The number of hydrogen-bond acceptors (Lipinski definition) is 5. The van der Waals surface area contributed by atoms with Crippen molar-refractivity contribution in [3.8, 4) is 6.07 Å². The summed E-state index contributed by atoms with van der Waals surface area (Å²) >= 11 is 0. The second kappa shape index (κ2) is 6.82. The quantitative estimate of drug-likeness (QED) is 0.843. The van der Waals surface area contributed by atoms with E-state index in [0.717, 1.165) is 19.4 Å². The summed E-state index contributed by atoms with van der Waals surface area (Å²) in [6, 6.07) is 3.10. The van der Waals surface area contributed by atoms with Gasteiger partial charge in [0.15, 0.2) is 0 Å². The van der Waals surface area contributed by atoms with E-state index in [1.165, 1.54) is 18.5 Å². The highest BCUT2D eigenvalue weighted by atomic mass is 35.5. The van der Waals surface area contributed by atoms with Crippen molar-refractivity contribution in [3.63, 3.8) is 0 Å². The third kappa shape index (κ3) is 4.14. The Labute approximate surface area is 118 Å². The van der Waals surface area contributed by atoms with Crippen LogP contribution in [0.25, 0.3) is 0 Å². The van der Waals surface area contributed by atoms with Gasteiger partial charge in [0.25, 0.3) is 0 Å². The van der Waals surface area contributed by atoms with E-state index in [9.17, 15) is 8.42 Å². The lowest BCUT2D eigenvalue weighted by Crippen LogP contribution is -2.45. The molecule has 2 N–H and O–H groups in total. The number of hydrogen-bond donors (Lipinski definition) is 2. The summed E-state index contributed by atoms with van der Waals surface area (Å²) in [5.41, 5.74) is 0.236. The minimum atomic E-state index is -3.60. The first-order valence-corrected chi connectivity index (χ1v) is 7.18. The van der Waals surface area contributed by atoms with E-state index >= 15 is 0 Å². The average Bonchev–Trinajstić information content (AvgIpc) is 2.39. The van der Waals surface area contributed by atoms with Crippen LogP contribution in [0.1, 0.15) is 18.4 Å². The van der Waals surface area contributed by atoms with Gasteiger partial charge in [-0.25, -0.2) is 13.1 Å². The summed E-state index contributed by atoms with van der Waals surface area (Å²) in [6.45, 7) is 1.55. The summed E-state index contributed by atoms with van der Waals surface area (Å²) < 4.78 is 26.8. The maximum absolute atomic E-state index is 12.1. The van der Waals surface area contributed by atoms with Gasteiger partial charge in [-0.15, -0.1) is 12.4 Å². The van der Waals surface area contributed by atoms with Gasteiger partial charge < -0.3 is 5.32 Å². The first-order valence-electron chi connectivity index (χ1n) is 5.70. The molecule has 1 fully saturated rings. The van der Waals surface area contributed by atoms with Crippen molar-refractivity contribution >= 4 is 22.4 Å². The number of pyridine rings is 1.